The molecule has 0 aliphatic heterocycles. The minimum absolute atomic E-state index is 0.257. The monoisotopic (exact) mass is 311 g/mol. The van der Waals surface area contributed by atoms with E-state index in [1.165, 1.54) is 0 Å². The van der Waals surface area contributed by atoms with Gasteiger partial charge in [0.1, 0.15) is 0 Å². The van der Waals surface area contributed by atoms with Gasteiger partial charge in [-0.25, -0.2) is 9.78 Å². The van der Waals surface area contributed by atoms with Gasteiger partial charge in [0.2, 0.25) is 5.88 Å². The van der Waals surface area contributed by atoms with Gasteiger partial charge in [-0.2, -0.15) is 0 Å². The van der Waals surface area contributed by atoms with Crippen LogP contribution in [0, 0.1) is 0 Å². The lowest BCUT2D eigenvalue weighted by Gasteiger charge is -2.10. The fourth-order valence-electron chi connectivity index (χ4n) is 2.49. The molecule has 0 unspecified atom stereocenters. The van der Waals surface area contributed by atoms with E-state index in [0.29, 0.717) is 10.8 Å². The van der Waals surface area contributed by atoms with Gasteiger partial charge in [0.15, 0.2) is 11.4 Å². The highest BCUT2D eigenvalue weighted by atomic mass is 16.5. The zero-order valence-electron chi connectivity index (χ0n) is 12.7. The lowest BCUT2D eigenvalue weighted by atomic mass is 10.0. The average Bonchev–Trinajstić information content (AvgIpc) is 2.57. The van der Waals surface area contributed by atoms with Gasteiger partial charge in [0.25, 0.3) is 0 Å². The minimum Gasteiger partial charge on any atom is -0.505 e. The van der Waals surface area contributed by atoms with E-state index < -0.39 is 5.97 Å². The molecule has 5 heteroatoms. The van der Waals surface area contributed by atoms with Crippen LogP contribution in [0.2, 0.25) is 0 Å². The molecular formula is C18H17NO4. The molecule has 0 aliphatic rings. The third-order valence-corrected chi connectivity index (χ3v) is 3.75. The quantitative estimate of drug-likeness (QED) is 0.436. The highest BCUT2D eigenvalue weighted by molar-refractivity contribution is 6.06. The molecule has 0 fully saturated rings. The molecule has 1 heterocycles. The van der Waals surface area contributed by atoms with E-state index in [9.17, 15) is 15.0 Å². The summed E-state index contributed by atoms with van der Waals surface area (Å²) in [6, 6.07) is 11.0. The molecule has 0 amide bonds. The molecule has 0 aliphatic carbocycles. The topological polar surface area (TPSA) is 79.7 Å². The molecule has 23 heavy (non-hydrogen) atoms. The average molecular weight is 311 g/mol. The van der Waals surface area contributed by atoms with Crippen molar-refractivity contribution in [3.63, 3.8) is 0 Å². The predicted molar refractivity (Wildman–Crippen MR) is 87.8 cm³/mol. The van der Waals surface area contributed by atoms with Gasteiger partial charge < -0.3 is 14.9 Å². The van der Waals surface area contributed by atoms with Crippen LogP contribution in [-0.4, -0.2) is 27.8 Å². The minimum atomic E-state index is -0.735. The number of unbranched alkanes of at least 4 members (excludes halogenated alkanes) is 1. The van der Waals surface area contributed by atoms with Crippen LogP contribution in [0.15, 0.2) is 36.4 Å². The van der Waals surface area contributed by atoms with E-state index >= 15 is 0 Å². The smallest absolute Gasteiger partial charge is 0.360 e. The van der Waals surface area contributed by atoms with Crippen molar-refractivity contribution in [1.82, 2.24) is 4.98 Å². The Hall–Kier alpha value is -2.82. The maximum absolute atomic E-state index is 12.0. The Morgan fingerprint density at radius 2 is 1.78 bits per heavy atom. The number of esters is 1. The zero-order valence-corrected chi connectivity index (χ0v) is 12.7. The first-order valence-corrected chi connectivity index (χ1v) is 7.53. The molecule has 2 N–H and O–H groups in total. The molecule has 3 aromatic rings. The molecule has 0 atom stereocenters. The van der Waals surface area contributed by atoms with Crippen molar-refractivity contribution in [3.8, 4) is 11.6 Å². The standard InChI is InChI=1S/C18H17NO4/c1-2-3-8-23-18(22)15-16(20)13-9-11-6-4-5-7-12(11)10-14(13)17(21)19-15/h4-7,9-10,20H,2-3,8H2,1H3,(H,19,21). The summed E-state index contributed by atoms with van der Waals surface area (Å²) in [6.45, 7) is 2.24. The van der Waals surface area contributed by atoms with E-state index in [0.717, 1.165) is 23.6 Å². The summed E-state index contributed by atoms with van der Waals surface area (Å²) in [5, 5.41) is 23.1. The summed E-state index contributed by atoms with van der Waals surface area (Å²) in [5.74, 6) is -1.31. The zero-order chi connectivity index (χ0) is 16.4. The second kappa shape index (κ2) is 6.12. The molecular weight excluding hydrogens is 294 g/mol. The fourth-order valence-corrected chi connectivity index (χ4v) is 2.49. The molecule has 3 rings (SSSR count). The number of carbonyl (C=O) groups excluding carboxylic acids is 1. The lowest BCUT2D eigenvalue weighted by Crippen LogP contribution is -2.09. The Morgan fingerprint density at radius 1 is 1.13 bits per heavy atom. The SMILES string of the molecule is CCCCOC(=O)c1nc(O)c2cc3ccccc3cc2c1O. The number of benzene rings is 2. The number of fused-ring (bicyclic) bond motifs is 2. The molecule has 0 saturated carbocycles. The number of ether oxygens (including phenoxy) is 1. The van der Waals surface area contributed by atoms with Crippen LogP contribution in [0.3, 0.4) is 0 Å². The second-order valence-corrected chi connectivity index (χ2v) is 5.37. The van der Waals surface area contributed by atoms with Crippen LogP contribution >= 0.6 is 0 Å². The number of rotatable bonds is 4. The van der Waals surface area contributed by atoms with Crippen molar-refractivity contribution in [3.05, 3.63) is 42.1 Å². The number of carbonyl (C=O) groups is 1. The van der Waals surface area contributed by atoms with Gasteiger partial charge >= 0.3 is 5.97 Å². The summed E-state index contributed by atoms with van der Waals surface area (Å²) in [5.41, 5.74) is -0.263. The van der Waals surface area contributed by atoms with E-state index in [1.807, 2.05) is 31.2 Å². The van der Waals surface area contributed by atoms with Crippen LogP contribution in [-0.2, 0) is 4.74 Å². The normalized spacial score (nSPS) is 11.0. The molecule has 0 bridgehead atoms. The third kappa shape index (κ3) is 2.77. The first-order valence-electron chi connectivity index (χ1n) is 7.53. The van der Waals surface area contributed by atoms with E-state index in [2.05, 4.69) is 4.98 Å². The highest BCUT2D eigenvalue weighted by Gasteiger charge is 2.20. The van der Waals surface area contributed by atoms with E-state index in [-0.39, 0.29) is 23.9 Å². The second-order valence-electron chi connectivity index (χ2n) is 5.37. The van der Waals surface area contributed by atoms with Gasteiger partial charge in [-0.3, -0.25) is 0 Å². The summed E-state index contributed by atoms with van der Waals surface area (Å²) in [6.07, 6.45) is 1.62. The molecule has 5 nitrogen and oxygen atoms in total. The summed E-state index contributed by atoms with van der Waals surface area (Å²) in [7, 11) is 0. The Kier molecular flexibility index (Phi) is 4.02. The maximum Gasteiger partial charge on any atom is 0.360 e. The predicted octanol–water partition coefficient (Wildman–Crippen LogP) is 3.76. The number of aromatic hydroxyl groups is 2. The molecule has 0 spiro atoms. The van der Waals surface area contributed by atoms with Crippen LogP contribution in [0.25, 0.3) is 21.5 Å². The van der Waals surface area contributed by atoms with Crippen LogP contribution < -0.4 is 0 Å². The van der Waals surface area contributed by atoms with Gasteiger partial charge in [0.05, 0.1) is 6.61 Å². The van der Waals surface area contributed by atoms with Crippen molar-refractivity contribution >= 4 is 27.5 Å². The number of hydrogen-bond donors (Lipinski definition) is 2. The number of nitrogens with zero attached hydrogens (tertiary/aromatic N) is 1. The summed E-state index contributed by atoms with van der Waals surface area (Å²) < 4.78 is 5.07. The highest BCUT2D eigenvalue weighted by Crippen LogP contribution is 2.36. The molecule has 0 saturated heterocycles. The maximum atomic E-state index is 12.0. The van der Waals surface area contributed by atoms with Gasteiger partial charge in [-0.15, -0.1) is 0 Å². The van der Waals surface area contributed by atoms with Crippen LogP contribution in [0.5, 0.6) is 11.6 Å². The summed E-state index contributed by atoms with van der Waals surface area (Å²) in [4.78, 5) is 15.9. The van der Waals surface area contributed by atoms with Gasteiger partial charge in [-0.1, -0.05) is 37.6 Å². The Labute approximate surface area is 133 Å². The molecule has 2 aromatic carbocycles. The largest absolute Gasteiger partial charge is 0.505 e. The van der Waals surface area contributed by atoms with Crippen molar-refractivity contribution in [2.45, 2.75) is 19.8 Å². The van der Waals surface area contributed by atoms with Crippen LogP contribution in [0.4, 0.5) is 0 Å². The third-order valence-electron chi connectivity index (χ3n) is 3.75. The van der Waals surface area contributed by atoms with E-state index in [4.69, 9.17) is 4.74 Å². The summed E-state index contributed by atoms with van der Waals surface area (Å²) >= 11 is 0. The number of hydrogen-bond acceptors (Lipinski definition) is 5. The van der Waals surface area contributed by atoms with Crippen molar-refractivity contribution in [2.24, 2.45) is 0 Å². The lowest BCUT2D eigenvalue weighted by molar-refractivity contribution is 0.0488. The Bertz CT molecular complexity index is 889. The number of pyridine rings is 1. The van der Waals surface area contributed by atoms with Gasteiger partial charge in [-0.05, 0) is 29.3 Å². The van der Waals surface area contributed by atoms with Crippen molar-refractivity contribution < 1.29 is 19.7 Å². The Morgan fingerprint density at radius 3 is 2.43 bits per heavy atom. The molecule has 118 valence electrons. The molecule has 0 radical (unpaired) electrons. The first-order chi connectivity index (χ1) is 11.1. The van der Waals surface area contributed by atoms with E-state index in [1.54, 1.807) is 12.1 Å². The Balaban J connectivity index is 2.12. The van der Waals surface area contributed by atoms with Crippen molar-refractivity contribution in [1.29, 1.82) is 0 Å². The fraction of sp³-hybridized carbons (Fsp3) is 0.222. The van der Waals surface area contributed by atoms with Gasteiger partial charge in [0, 0.05) is 10.8 Å². The first kappa shape index (κ1) is 15.1. The molecule has 1 aromatic heterocycles. The van der Waals surface area contributed by atoms with Crippen molar-refractivity contribution in [2.75, 3.05) is 6.61 Å². The van der Waals surface area contributed by atoms with Crippen LogP contribution in [0.1, 0.15) is 30.3 Å². The number of aromatic nitrogens is 1.